The minimum absolute atomic E-state index is 0.0672. The molecule has 0 fully saturated rings. The first-order valence-corrected chi connectivity index (χ1v) is 6.32. The molecule has 0 heterocycles. The lowest BCUT2D eigenvalue weighted by atomic mass is 9.86. The van der Waals surface area contributed by atoms with Crippen LogP contribution in [0.5, 0.6) is 0 Å². The molecular formula is C15H20OS. The van der Waals surface area contributed by atoms with Crippen LogP contribution in [-0.2, 0) is 11.2 Å². The number of thiol groups is 1. The summed E-state index contributed by atoms with van der Waals surface area (Å²) in [4.78, 5) is 12.0. The summed E-state index contributed by atoms with van der Waals surface area (Å²) in [5, 5.41) is 0. The molecule has 0 saturated heterocycles. The SMILES string of the molecule is CC(C)(C)/C(C=O)=C/CCc1ccccc1S. The van der Waals surface area contributed by atoms with Crippen molar-refractivity contribution in [3.8, 4) is 0 Å². The molecule has 0 spiro atoms. The molecule has 0 amide bonds. The van der Waals surface area contributed by atoms with Crippen molar-refractivity contribution >= 4 is 18.9 Å². The lowest BCUT2D eigenvalue weighted by Gasteiger charge is -2.18. The van der Waals surface area contributed by atoms with E-state index in [1.165, 1.54) is 5.56 Å². The molecule has 0 aromatic heterocycles. The molecule has 1 nitrogen and oxygen atoms in total. The number of allylic oxidation sites excluding steroid dienone is 2. The number of rotatable bonds is 4. The summed E-state index contributed by atoms with van der Waals surface area (Å²) in [5.41, 5.74) is 2.03. The highest BCUT2D eigenvalue weighted by Gasteiger charge is 2.15. The van der Waals surface area contributed by atoms with Gasteiger partial charge in [-0.3, -0.25) is 4.79 Å². The number of carbonyl (C=O) groups is 1. The van der Waals surface area contributed by atoms with Crippen LogP contribution in [0.15, 0.2) is 40.8 Å². The highest BCUT2D eigenvalue weighted by molar-refractivity contribution is 7.80. The van der Waals surface area contributed by atoms with Gasteiger partial charge in [-0.05, 0) is 35.5 Å². The van der Waals surface area contributed by atoms with Crippen molar-refractivity contribution in [2.75, 3.05) is 0 Å². The van der Waals surface area contributed by atoms with Crippen molar-refractivity contribution in [3.05, 3.63) is 41.5 Å². The van der Waals surface area contributed by atoms with Gasteiger partial charge in [-0.15, -0.1) is 12.6 Å². The minimum atomic E-state index is -0.0672. The Kier molecular flexibility index (Phi) is 5.01. The van der Waals surface area contributed by atoms with Gasteiger partial charge in [-0.1, -0.05) is 45.0 Å². The zero-order chi connectivity index (χ0) is 12.9. The highest BCUT2D eigenvalue weighted by Crippen LogP contribution is 2.24. The van der Waals surface area contributed by atoms with Gasteiger partial charge in [-0.25, -0.2) is 0 Å². The van der Waals surface area contributed by atoms with Crippen molar-refractivity contribution in [1.29, 1.82) is 0 Å². The second-order valence-corrected chi connectivity index (χ2v) is 5.68. The number of hydrogen-bond donors (Lipinski definition) is 1. The van der Waals surface area contributed by atoms with Crippen LogP contribution < -0.4 is 0 Å². The predicted octanol–water partition coefficient (Wildman–Crippen LogP) is 4.08. The molecule has 0 bridgehead atoms. The summed E-state index contributed by atoms with van der Waals surface area (Å²) in [6, 6.07) is 8.07. The van der Waals surface area contributed by atoms with Crippen LogP contribution in [0.25, 0.3) is 0 Å². The van der Waals surface area contributed by atoms with Gasteiger partial charge in [0.25, 0.3) is 0 Å². The Labute approximate surface area is 109 Å². The molecule has 92 valence electrons. The molecule has 0 atom stereocenters. The molecule has 0 aliphatic rings. The van der Waals surface area contributed by atoms with Crippen LogP contribution >= 0.6 is 12.6 Å². The standard InChI is InChI=1S/C15H20OS/c1-15(2,3)13(11-16)9-6-8-12-7-4-5-10-14(12)17/h4-5,7,9-11,17H,6,8H2,1-3H3/b13-9+. The fourth-order valence-electron chi connectivity index (χ4n) is 1.64. The van der Waals surface area contributed by atoms with Crippen LogP contribution in [0.1, 0.15) is 32.8 Å². The third-order valence-corrected chi connectivity index (χ3v) is 3.20. The van der Waals surface area contributed by atoms with E-state index in [1.807, 2.05) is 24.3 Å². The monoisotopic (exact) mass is 248 g/mol. The molecule has 0 unspecified atom stereocenters. The first-order valence-electron chi connectivity index (χ1n) is 5.88. The van der Waals surface area contributed by atoms with Gasteiger partial charge in [0, 0.05) is 4.90 Å². The van der Waals surface area contributed by atoms with Crippen molar-refractivity contribution in [1.82, 2.24) is 0 Å². The summed E-state index contributed by atoms with van der Waals surface area (Å²) in [6.45, 7) is 6.17. The zero-order valence-electron chi connectivity index (χ0n) is 10.7. The van der Waals surface area contributed by atoms with Crippen LogP contribution in [0.3, 0.4) is 0 Å². The molecule has 2 heteroatoms. The zero-order valence-corrected chi connectivity index (χ0v) is 11.6. The molecule has 1 aromatic carbocycles. The first kappa shape index (κ1) is 14.0. The maximum absolute atomic E-state index is 11.0. The summed E-state index contributed by atoms with van der Waals surface area (Å²) < 4.78 is 0. The Hall–Kier alpha value is -1.02. The van der Waals surface area contributed by atoms with E-state index in [0.717, 1.165) is 29.6 Å². The average Bonchev–Trinajstić information content (AvgIpc) is 2.25. The van der Waals surface area contributed by atoms with E-state index in [4.69, 9.17) is 0 Å². The topological polar surface area (TPSA) is 17.1 Å². The van der Waals surface area contributed by atoms with E-state index in [9.17, 15) is 4.79 Å². The summed E-state index contributed by atoms with van der Waals surface area (Å²) in [7, 11) is 0. The molecule has 0 aliphatic carbocycles. The second-order valence-electron chi connectivity index (χ2n) is 5.19. The largest absolute Gasteiger partial charge is 0.298 e. The Balaban J connectivity index is 2.66. The fraction of sp³-hybridized carbons (Fsp3) is 0.400. The van der Waals surface area contributed by atoms with Crippen molar-refractivity contribution in [2.45, 2.75) is 38.5 Å². The van der Waals surface area contributed by atoms with Gasteiger partial charge in [0.1, 0.15) is 6.29 Å². The Morgan fingerprint density at radius 3 is 2.47 bits per heavy atom. The van der Waals surface area contributed by atoms with Gasteiger partial charge in [0.05, 0.1) is 0 Å². The summed E-state index contributed by atoms with van der Waals surface area (Å²) >= 11 is 4.41. The smallest absolute Gasteiger partial charge is 0.146 e. The van der Waals surface area contributed by atoms with Crippen molar-refractivity contribution in [3.63, 3.8) is 0 Å². The summed E-state index contributed by atoms with van der Waals surface area (Å²) in [5.74, 6) is 0. The lowest BCUT2D eigenvalue weighted by molar-refractivity contribution is -0.105. The van der Waals surface area contributed by atoms with Gasteiger partial charge >= 0.3 is 0 Å². The highest BCUT2D eigenvalue weighted by atomic mass is 32.1. The molecule has 0 saturated carbocycles. The number of aryl methyl sites for hydroxylation is 1. The van der Waals surface area contributed by atoms with Crippen LogP contribution in [0.2, 0.25) is 0 Å². The summed E-state index contributed by atoms with van der Waals surface area (Å²) in [6.07, 6.45) is 4.80. The van der Waals surface area contributed by atoms with Crippen LogP contribution in [0.4, 0.5) is 0 Å². The quantitative estimate of drug-likeness (QED) is 0.483. The molecule has 1 rings (SSSR count). The van der Waals surface area contributed by atoms with Gasteiger partial charge < -0.3 is 0 Å². The Morgan fingerprint density at radius 2 is 1.94 bits per heavy atom. The third-order valence-electron chi connectivity index (χ3n) is 2.76. The minimum Gasteiger partial charge on any atom is -0.298 e. The second kappa shape index (κ2) is 6.06. The van der Waals surface area contributed by atoms with E-state index in [0.29, 0.717) is 0 Å². The third kappa shape index (κ3) is 4.39. The van der Waals surface area contributed by atoms with Crippen LogP contribution in [0, 0.1) is 5.41 Å². The van der Waals surface area contributed by atoms with Crippen LogP contribution in [-0.4, -0.2) is 6.29 Å². The Morgan fingerprint density at radius 1 is 1.29 bits per heavy atom. The van der Waals surface area contributed by atoms with Gasteiger partial charge in [0.15, 0.2) is 0 Å². The molecule has 0 N–H and O–H groups in total. The maximum Gasteiger partial charge on any atom is 0.146 e. The van der Waals surface area contributed by atoms with E-state index in [1.54, 1.807) is 0 Å². The predicted molar refractivity (Wildman–Crippen MR) is 75.6 cm³/mol. The van der Waals surface area contributed by atoms with Gasteiger partial charge in [0.2, 0.25) is 0 Å². The number of benzene rings is 1. The Bertz CT molecular complexity index is 413. The number of hydrogen-bond acceptors (Lipinski definition) is 2. The van der Waals surface area contributed by atoms with E-state index in [2.05, 4.69) is 39.5 Å². The average molecular weight is 248 g/mol. The molecule has 0 aliphatic heterocycles. The molecule has 1 aromatic rings. The van der Waals surface area contributed by atoms with E-state index < -0.39 is 0 Å². The molecule has 17 heavy (non-hydrogen) atoms. The number of carbonyl (C=O) groups excluding carboxylic acids is 1. The van der Waals surface area contributed by atoms with E-state index >= 15 is 0 Å². The van der Waals surface area contributed by atoms with Crippen molar-refractivity contribution < 1.29 is 4.79 Å². The van der Waals surface area contributed by atoms with Crippen molar-refractivity contribution in [2.24, 2.45) is 5.41 Å². The fourth-order valence-corrected chi connectivity index (χ4v) is 1.91. The lowest BCUT2D eigenvalue weighted by Crippen LogP contribution is -2.10. The van der Waals surface area contributed by atoms with E-state index in [-0.39, 0.29) is 5.41 Å². The first-order chi connectivity index (χ1) is 7.95. The number of aldehydes is 1. The normalized spacial score (nSPS) is 12.6. The molecule has 0 radical (unpaired) electrons. The molecular weight excluding hydrogens is 228 g/mol. The maximum atomic E-state index is 11.0. The van der Waals surface area contributed by atoms with Gasteiger partial charge in [-0.2, -0.15) is 0 Å².